The molecule has 0 radical (unpaired) electrons. The second-order valence-corrected chi connectivity index (χ2v) is 7.11. The first-order valence-corrected chi connectivity index (χ1v) is 9.84. The number of halogens is 2. The van der Waals surface area contributed by atoms with E-state index in [0.717, 1.165) is 5.39 Å². The summed E-state index contributed by atoms with van der Waals surface area (Å²) in [6.45, 7) is 2.46. The zero-order valence-corrected chi connectivity index (χ0v) is 17.3. The number of fused-ring (bicyclic) bond motifs is 1. The Hall–Kier alpha value is -3.22. The maximum Gasteiger partial charge on any atom is 0.307 e. The van der Waals surface area contributed by atoms with Gasteiger partial charge in [0.05, 0.1) is 17.8 Å². The van der Waals surface area contributed by atoms with E-state index in [0.29, 0.717) is 45.1 Å². The predicted molar refractivity (Wildman–Crippen MR) is 117 cm³/mol. The van der Waals surface area contributed by atoms with Crippen molar-refractivity contribution < 1.29 is 18.4 Å². The van der Waals surface area contributed by atoms with Crippen LogP contribution in [0.4, 0.5) is 0 Å². The Morgan fingerprint density at radius 2 is 1.97 bits per heavy atom. The van der Waals surface area contributed by atoms with Gasteiger partial charge in [-0.1, -0.05) is 23.2 Å². The zero-order valence-electron chi connectivity index (χ0n) is 15.8. The van der Waals surface area contributed by atoms with E-state index in [2.05, 4.69) is 10.5 Å². The molecule has 0 fully saturated rings. The number of hydrazone groups is 1. The first-order valence-electron chi connectivity index (χ1n) is 9.08. The third kappa shape index (κ3) is 4.35. The lowest BCUT2D eigenvalue weighted by Gasteiger charge is -2.01. The van der Waals surface area contributed by atoms with Crippen molar-refractivity contribution in [2.24, 2.45) is 5.10 Å². The lowest BCUT2D eigenvalue weighted by molar-refractivity contribution is 0.0929. The van der Waals surface area contributed by atoms with Crippen molar-refractivity contribution in [2.75, 3.05) is 6.61 Å². The minimum atomic E-state index is -0.481. The summed E-state index contributed by atoms with van der Waals surface area (Å²) >= 11 is 12.2. The van der Waals surface area contributed by atoms with Crippen molar-refractivity contribution >= 4 is 46.3 Å². The molecule has 8 heteroatoms. The molecule has 0 unspecified atom stereocenters. The van der Waals surface area contributed by atoms with Crippen molar-refractivity contribution in [2.45, 2.75) is 6.92 Å². The van der Waals surface area contributed by atoms with Gasteiger partial charge in [0.25, 0.3) is 0 Å². The van der Waals surface area contributed by atoms with Crippen LogP contribution in [0.3, 0.4) is 0 Å². The van der Waals surface area contributed by atoms with Crippen LogP contribution in [-0.4, -0.2) is 18.7 Å². The van der Waals surface area contributed by atoms with Gasteiger partial charge < -0.3 is 13.6 Å². The lowest BCUT2D eigenvalue weighted by Crippen LogP contribution is -2.16. The van der Waals surface area contributed by atoms with Crippen LogP contribution in [0.25, 0.3) is 22.3 Å². The van der Waals surface area contributed by atoms with Crippen molar-refractivity contribution in [1.29, 1.82) is 0 Å². The van der Waals surface area contributed by atoms with Gasteiger partial charge in [-0.2, -0.15) is 5.10 Å². The van der Waals surface area contributed by atoms with Gasteiger partial charge in [0.15, 0.2) is 5.76 Å². The number of benzene rings is 2. The Morgan fingerprint density at radius 3 is 2.80 bits per heavy atom. The smallest absolute Gasteiger partial charge is 0.307 e. The van der Waals surface area contributed by atoms with Crippen LogP contribution in [-0.2, 0) is 0 Å². The van der Waals surface area contributed by atoms with Crippen molar-refractivity contribution in [3.05, 3.63) is 76.2 Å². The molecule has 0 atom stereocenters. The van der Waals surface area contributed by atoms with Gasteiger partial charge in [-0.15, -0.1) is 0 Å². The number of rotatable bonds is 6. The van der Waals surface area contributed by atoms with Crippen molar-refractivity contribution in [1.82, 2.24) is 5.43 Å². The predicted octanol–water partition coefficient (Wildman–Crippen LogP) is 6.16. The highest BCUT2D eigenvalue weighted by molar-refractivity contribution is 6.35. The van der Waals surface area contributed by atoms with Crippen LogP contribution < -0.4 is 10.2 Å². The van der Waals surface area contributed by atoms with E-state index in [9.17, 15) is 4.79 Å². The standard InChI is InChI=1S/C22H16Cl2N2O4/c1-2-28-15-4-7-19-13(9-15)10-21(30-19)22(27)26-25-12-16-5-8-20(29-16)17-11-14(23)3-6-18(17)24/h3-12H,2H2,1H3,(H,26,27)/b25-12+. The van der Waals surface area contributed by atoms with Crippen molar-refractivity contribution in [3.8, 4) is 17.1 Å². The van der Waals surface area contributed by atoms with E-state index in [-0.39, 0.29) is 5.76 Å². The molecular weight excluding hydrogens is 427 g/mol. The monoisotopic (exact) mass is 442 g/mol. The van der Waals surface area contributed by atoms with Gasteiger partial charge in [-0.05, 0) is 61.5 Å². The van der Waals surface area contributed by atoms with Crippen molar-refractivity contribution in [3.63, 3.8) is 0 Å². The van der Waals surface area contributed by atoms with Gasteiger partial charge in [0.2, 0.25) is 0 Å². The normalized spacial score (nSPS) is 11.3. The van der Waals surface area contributed by atoms with Crippen LogP contribution in [0.2, 0.25) is 10.0 Å². The van der Waals surface area contributed by atoms with E-state index >= 15 is 0 Å². The second kappa shape index (κ2) is 8.65. The molecule has 0 saturated heterocycles. The van der Waals surface area contributed by atoms with Crippen LogP contribution in [0.15, 0.2) is 68.5 Å². The number of amides is 1. The summed E-state index contributed by atoms with van der Waals surface area (Å²) in [6.07, 6.45) is 1.38. The molecule has 0 aliphatic heterocycles. The van der Waals surface area contributed by atoms with E-state index in [1.165, 1.54) is 6.21 Å². The number of hydrogen-bond acceptors (Lipinski definition) is 5. The lowest BCUT2D eigenvalue weighted by atomic mass is 10.2. The Morgan fingerprint density at radius 1 is 1.10 bits per heavy atom. The summed E-state index contributed by atoms with van der Waals surface area (Å²) in [5.41, 5.74) is 3.67. The number of carbonyl (C=O) groups is 1. The fourth-order valence-corrected chi connectivity index (χ4v) is 3.24. The average Bonchev–Trinajstić information content (AvgIpc) is 3.37. The minimum absolute atomic E-state index is 0.140. The number of nitrogens with zero attached hydrogens (tertiary/aromatic N) is 1. The van der Waals surface area contributed by atoms with Crippen LogP contribution in [0.1, 0.15) is 23.2 Å². The molecule has 30 heavy (non-hydrogen) atoms. The first kappa shape index (κ1) is 20.1. The Bertz CT molecular complexity index is 1240. The molecule has 0 aliphatic rings. The maximum absolute atomic E-state index is 12.3. The fraction of sp³-hybridized carbons (Fsp3) is 0.0909. The minimum Gasteiger partial charge on any atom is -0.494 e. The summed E-state index contributed by atoms with van der Waals surface area (Å²) in [5, 5.41) is 5.75. The molecule has 4 aromatic rings. The van der Waals surface area contributed by atoms with Gasteiger partial charge >= 0.3 is 5.91 Å². The number of hydrogen-bond donors (Lipinski definition) is 1. The third-order valence-electron chi connectivity index (χ3n) is 4.20. The summed E-state index contributed by atoms with van der Waals surface area (Å²) in [6, 6.07) is 15.5. The number of carbonyl (C=O) groups excluding carboxylic acids is 1. The number of nitrogens with one attached hydrogen (secondary N) is 1. The molecule has 1 amide bonds. The topological polar surface area (TPSA) is 77.0 Å². The first-order chi connectivity index (χ1) is 14.5. The highest BCUT2D eigenvalue weighted by Crippen LogP contribution is 2.31. The molecule has 0 aliphatic carbocycles. The van der Waals surface area contributed by atoms with Crippen LogP contribution in [0.5, 0.6) is 5.75 Å². The largest absolute Gasteiger partial charge is 0.494 e. The van der Waals surface area contributed by atoms with Gasteiger partial charge in [0, 0.05) is 16.0 Å². The molecule has 0 bridgehead atoms. The summed E-state index contributed by atoms with van der Waals surface area (Å²) in [7, 11) is 0. The molecule has 4 rings (SSSR count). The molecule has 2 heterocycles. The Balaban J connectivity index is 1.44. The van der Waals surface area contributed by atoms with Crippen LogP contribution >= 0.6 is 23.2 Å². The van der Waals surface area contributed by atoms with Gasteiger partial charge in [0.1, 0.15) is 22.9 Å². The fourth-order valence-electron chi connectivity index (χ4n) is 2.85. The van der Waals surface area contributed by atoms with Gasteiger partial charge in [-0.3, -0.25) is 4.79 Å². The summed E-state index contributed by atoms with van der Waals surface area (Å²) in [5.74, 6) is 1.35. The molecule has 6 nitrogen and oxygen atoms in total. The Labute approximate surface area is 182 Å². The molecule has 2 aromatic carbocycles. The molecule has 152 valence electrons. The average molecular weight is 443 g/mol. The zero-order chi connectivity index (χ0) is 21.1. The SMILES string of the molecule is CCOc1ccc2oc(C(=O)N/N=C/c3ccc(-c4cc(Cl)ccc4Cl)o3)cc2c1. The number of ether oxygens (including phenoxy) is 1. The molecule has 0 spiro atoms. The molecule has 1 N–H and O–H groups in total. The van der Waals surface area contributed by atoms with Crippen LogP contribution in [0, 0.1) is 0 Å². The highest BCUT2D eigenvalue weighted by Gasteiger charge is 2.13. The molecule has 0 saturated carbocycles. The second-order valence-electron chi connectivity index (χ2n) is 6.27. The summed E-state index contributed by atoms with van der Waals surface area (Å²) in [4.78, 5) is 12.3. The quantitative estimate of drug-likeness (QED) is 0.286. The summed E-state index contributed by atoms with van der Waals surface area (Å²) < 4.78 is 16.7. The third-order valence-corrected chi connectivity index (χ3v) is 4.77. The molecule has 2 aromatic heterocycles. The Kier molecular flexibility index (Phi) is 5.79. The van der Waals surface area contributed by atoms with E-state index < -0.39 is 5.91 Å². The number of furan rings is 2. The van der Waals surface area contributed by atoms with E-state index in [1.807, 2.05) is 13.0 Å². The van der Waals surface area contributed by atoms with Gasteiger partial charge in [-0.25, -0.2) is 5.43 Å². The maximum atomic E-state index is 12.3. The highest BCUT2D eigenvalue weighted by atomic mass is 35.5. The van der Waals surface area contributed by atoms with E-state index in [1.54, 1.807) is 48.5 Å². The van der Waals surface area contributed by atoms with E-state index in [4.69, 9.17) is 36.8 Å². The molecular formula is C22H16Cl2N2O4.